The summed E-state index contributed by atoms with van der Waals surface area (Å²) in [7, 11) is -4.08. The quantitative estimate of drug-likeness (QED) is 0.575. The number of ether oxygens (including phenoxy) is 2. The summed E-state index contributed by atoms with van der Waals surface area (Å²) in [6, 6.07) is 17.5. The Morgan fingerprint density at radius 1 is 0.769 bits per heavy atom. The van der Waals surface area contributed by atoms with Gasteiger partial charge in [-0.15, -0.1) is 0 Å². The lowest BCUT2D eigenvalue weighted by Gasteiger charge is -2.13. The van der Waals surface area contributed by atoms with Crippen LogP contribution in [0.4, 0.5) is 0 Å². The van der Waals surface area contributed by atoms with Crippen molar-refractivity contribution in [3.63, 3.8) is 0 Å². The molecule has 0 aliphatic heterocycles. The van der Waals surface area contributed by atoms with Crippen LogP contribution in [0.1, 0.15) is 13.8 Å². The van der Waals surface area contributed by atoms with Crippen molar-refractivity contribution in [3.8, 4) is 17.2 Å². The second-order valence-corrected chi connectivity index (χ2v) is 7.04. The minimum atomic E-state index is -4.08. The van der Waals surface area contributed by atoms with Crippen LogP contribution >= 0.6 is 0 Å². The molecule has 0 N–H and O–H groups in total. The smallest absolute Gasteiger partial charge is 0.343 e. The zero-order valence-electron chi connectivity index (χ0n) is 14.6. The SMILES string of the molecule is CCOc1ccc(OCC)c(S(=O)(=O)Oc2ccc3ccccc3c2)c1. The van der Waals surface area contributed by atoms with Crippen LogP contribution < -0.4 is 13.7 Å². The van der Waals surface area contributed by atoms with Gasteiger partial charge in [0.25, 0.3) is 0 Å². The summed E-state index contributed by atoms with van der Waals surface area (Å²) in [4.78, 5) is -0.0570. The van der Waals surface area contributed by atoms with Gasteiger partial charge in [0, 0.05) is 6.07 Å². The molecule has 5 nitrogen and oxygen atoms in total. The Balaban J connectivity index is 1.98. The second kappa shape index (κ2) is 7.66. The zero-order chi connectivity index (χ0) is 18.6. The second-order valence-electron chi connectivity index (χ2n) is 5.52. The highest BCUT2D eigenvalue weighted by Gasteiger charge is 2.23. The third-order valence-corrected chi connectivity index (χ3v) is 4.99. The molecule has 0 unspecified atom stereocenters. The van der Waals surface area contributed by atoms with Gasteiger partial charge in [-0.25, -0.2) is 0 Å². The Morgan fingerprint density at radius 3 is 2.19 bits per heavy atom. The highest BCUT2D eigenvalue weighted by Crippen LogP contribution is 2.31. The molecule has 3 aromatic rings. The lowest BCUT2D eigenvalue weighted by Crippen LogP contribution is -2.12. The average Bonchev–Trinajstić information content (AvgIpc) is 2.63. The molecule has 0 bridgehead atoms. The molecule has 0 aromatic heterocycles. The van der Waals surface area contributed by atoms with E-state index in [0.717, 1.165) is 10.8 Å². The van der Waals surface area contributed by atoms with Gasteiger partial charge in [-0.05, 0) is 48.9 Å². The minimum Gasteiger partial charge on any atom is -0.494 e. The lowest BCUT2D eigenvalue weighted by molar-refractivity contribution is 0.321. The Morgan fingerprint density at radius 2 is 1.46 bits per heavy atom. The summed E-state index contributed by atoms with van der Waals surface area (Å²) in [5, 5.41) is 1.90. The van der Waals surface area contributed by atoms with Crippen LogP contribution in [0.3, 0.4) is 0 Å². The minimum absolute atomic E-state index is 0.0570. The summed E-state index contributed by atoms with van der Waals surface area (Å²) in [5.41, 5.74) is 0. The molecule has 0 saturated carbocycles. The van der Waals surface area contributed by atoms with E-state index in [1.54, 1.807) is 31.2 Å². The normalized spacial score (nSPS) is 11.3. The van der Waals surface area contributed by atoms with Crippen LogP contribution in [-0.2, 0) is 10.1 Å². The fourth-order valence-electron chi connectivity index (χ4n) is 2.61. The summed E-state index contributed by atoms with van der Waals surface area (Å²) < 4.78 is 41.9. The van der Waals surface area contributed by atoms with E-state index in [2.05, 4.69) is 0 Å². The first-order chi connectivity index (χ1) is 12.5. The maximum Gasteiger partial charge on any atom is 0.343 e. The largest absolute Gasteiger partial charge is 0.494 e. The Labute approximate surface area is 153 Å². The average molecular weight is 372 g/mol. The van der Waals surface area contributed by atoms with E-state index in [0.29, 0.717) is 19.0 Å². The zero-order valence-corrected chi connectivity index (χ0v) is 15.5. The number of hydrogen-bond donors (Lipinski definition) is 0. The van der Waals surface area contributed by atoms with E-state index in [1.165, 1.54) is 6.07 Å². The molecular formula is C20H20O5S. The van der Waals surface area contributed by atoms with E-state index in [9.17, 15) is 8.42 Å². The number of rotatable bonds is 7. The molecule has 26 heavy (non-hydrogen) atoms. The molecule has 136 valence electrons. The molecule has 0 aliphatic carbocycles. The summed E-state index contributed by atoms with van der Waals surface area (Å²) in [5.74, 6) is 0.918. The highest BCUT2D eigenvalue weighted by molar-refractivity contribution is 7.87. The maximum atomic E-state index is 12.8. The van der Waals surface area contributed by atoms with E-state index in [1.807, 2.05) is 37.3 Å². The van der Waals surface area contributed by atoms with Crippen LogP contribution in [0.25, 0.3) is 10.8 Å². The molecule has 0 spiro atoms. The molecule has 0 heterocycles. The topological polar surface area (TPSA) is 61.8 Å². The molecule has 0 saturated heterocycles. The molecule has 0 fully saturated rings. The van der Waals surface area contributed by atoms with E-state index in [-0.39, 0.29) is 16.4 Å². The molecule has 0 amide bonds. The maximum absolute atomic E-state index is 12.8. The van der Waals surface area contributed by atoms with Crippen molar-refractivity contribution < 1.29 is 22.1 Å². The standard InChI is InChI=1S/C20H20O5S/c1-3-23-17-11-12-19(24-4-2)20(14-17)26(21,22)25-18-10-9-15-7-5-6-8-16(15)13-18/h5-14H,3-4H2,1-2H3. The van der Waals surface area contributed by atoms with Crippen LogP contribution in [-0.4, -0.2) is 21.6 Å². The third kappa shape index (κ3) is 3.91. The molecule has 6 heteroatoms. The Kier molecular flexibility index (Phi) is 5.32. The molecule has 0 aliphatic rings. The van der Waals surface area contributed by atoms with Gasteiger partial charge in [0.1, 0.15) is 17.2 Å². The number of hydrogen-bond acceptors (Lipinski definition) is 5. The van der Waals surface area contributed by atoms with Crippen LogP contribution in [0.5, 0.6) is 17.2 Å². The summed E-state index contributed by atoms with van der Waals surface area (Å²) >= 11 is 0. The van der Waals surface area contributed by atoms with Crippen molar-refractivity contribution in [2.45, 2.75) is 18.7 Å². The summed E-state index contributed by atoms with van der Waals surface area (Å²) in [6.45, 7) is 4.39. The number of fused-ring (bicyclic) bond motifs is 1. The van der Waals surface area contributed by atoms with Crippen LogP contribution in [0, 0.1) is 0 Å². The fraction of sp³-hybridized carbons (Fsp3) is 0.200. The van der Waals surface area contributed by atoms with Crippen molar-refractivity contribution >= 4 is 20.9 Å². The van der Waals surface area contributed by atoms with Crippen molar-refractivity contribution in [1.29, 1.82) is 0 Å². The van der Waals surface area contributed by atoms with Crippen LogP contribution in [0.2, 0.25) is 0 Å². The molecule has 0 radical (unpaired) electrons. The molecule has 3 rings (SSSR count). The lowest BCUT2D eigenvalue weighted by atomic mass is 10.1. The van der Waals surface area contributed by atoms with E-state index >= 15 is 0 Å². The van der Waals surface area contributed by atoms with Crippen molar-refractivity contribution in [2.24, 2.45) is 0 Å². The van der Waals surface area contributed by atoms with Gasteiger partial charge in [0.2, 0.25) is 0 Å². The molecule has 0 atom stereocenters. The first-order valence-electron chi connectivity index (χ1n) is 8.36. The van der Waals surface area contributed by atoms with Crippen molar-refractivity contribution in [3.05, 3.63) is 60.7 Å². The molecule has 3 aromatic carbocycles. The van der Waals surface area contributed by atoms with Gasteiger partial charge in [0.05, 0.1) is 13.2 Å². The van der Waals surface area contributed by atoms with Crippen molar-refractivity contribution in [2.75, 3.05) is 13.2 Å². The van der Waals surface area contributed by atoms with E-state index < -0.39 is 10.1 Å². The molecular weight excluding hydrogens is 352 g/mol. The van der Waals surface area contributed by atoms with Crippen LogP contribution in [0.15, 0.2) is 65.6 Å². The predicted octanol–water partition coefficient (Wildman–Crippen LogP) is 4.40. The van der Waals surface area contributed by atoms with Gasteiger partial charge in [-0.1, -0.05) is 30.3 Å². The fourth-order valence-corrected chi connectivity index (χ4v) is 3.69. The first kappa shape index (κ1) is 18.1. The Bertz CT molecular complexity index is 1010. The van der Waals surface area contributed by atoms with Gasteiger partial charge < -0.3 is 13.7 Å². The Hall–Kier alpha value is -2.73. The third-order valence-electron chi connectivity index (χ3n) is 3.72. The van der Waals surface area contributed by atoms with Gasteiger partial charge in [-0.3, -0.25) is 0 Å². The first-order valence-corrected chi connectivity index (χ1v) is 9.77. The van der Waals surface area contributed by atoms with Crippen molar-refractivity contribution in [1.82, 2.24) is 0 Å². The monoisotopic (exact) mass is 372 g/mol. The number of benzene rings is 3. The van der Waals surface area contributed by atoms with E-state index in [4.69, 9.17) is 13.7 Å². The van der Waals surface area contributed by atoms with Gasteiger partial charge in [0.15, 0.2) is 4.90 Å². The van der Waals surface area contributed by atoms with Gasteiger partial charge >= 0.3 is 10.1 Å². The summed E-state index contributed by atoms with van der Waals surface area (Å²) in [6.07, 6.45) is 0. The van der Waals surface area contributed by atoms with Gasteiger partial charge in [-0.2, -0.15) is 8.42 Å². The predicted molar refractivity (Wildman–Crippen MR) is 101 cm³/mol. The highest BCUT2D eigenvalue weighted by atomic mass is 32.2.